The Kier molecular flexibility index (Phi) is 13.3. The van der Waals surface area contributed by atoms with Crippen molar-refractivity contribution < 1.29 is 0 Å². The van der Waals surface area contributed by atoms with Crippen LogP contribution in [0.25, 0.3) is 0 Å². The van der Waals surface area contributed by atoms with E-state index in [1.807, 2.05) is 0 Å². The van der Waals surface area contributed by atoms with Gasteiger partial charge < -0.3 is 5.73 Å². The minimum absolute atomic E-state index is 0.667. The summed E-state index contributed by atoms with van der Waals surface area (Å²) in [5, 5.41) is 0. The topological polar surface area (TPSA) is 26.0 Å². The first-order valence-corrected chi connectivity index (χ1v) is 1.64. The molecule has 2 N–H and O–H groups in total. The van der Waals surface area contributed by atoms with E-state index in [0.717, 1.165) is 0 Å². The molecule has 0 saturated carbocycles. The molecular formula is C5H11N. The molecule has 0 rings (SSSR count). The van der Waals surface area contributed by atoms with Crippen molar-refractivity contribution >= 4 is 0 Å². The van der Waals surface area contributed by atoms with E-state index >= 15 is 0 Å². The van der Waals surface area contributed by atoms with E-state index in [0.29, 0.717) is 5.70 Å². The third kappa shape index (κ3) is 32.9. The minimum atomic E-state index is 0.667. The molecule has 0 aliphatic heterocycles. The lowest BCUT2D eigenvalue weighted by atomic mass is 10.6. The van der Waals surface area contributed by atoms with Crippen LogP contribution in [0.1, 0.15) is 6.92 Å². The number of rotatable bonds is 0. The quantitative estimate of drug-likeness (QED) is 0.440. The highest BCUT2D eigenvalue weighted by Crippen LogP contribution is 1.58. The number of hydrogen-bond donors (Lipinski definition) is 1. The predicted molar refractivity (Wildman–Crippen MR) is 30.3 cm³/mol. The zero-order valence-electron chi connectivity index (χ0n) is 4.20. The van der Waals surface area contributed by atoms with Crippen LogP contribution in [0, 0.1) is 0 Å². The standard InChI is InChI=1S/C3H7N.C2H4/c1-3(2)4;1-2/h1,4H2,2H3;1-2H2. The van der Waals surface area contributed by atoms with Crippen molar-refractivity contribution in [2.45, 2.75) is 6.92 Å². The van der Waals surface area contributed by atoms with Crippen molar-refractivity contribution in [2.24, 2.45) is 5.73 Å². The van der Waals surface area contributed by atoms with Crippen LogP contribution in [-0.2, 0) is 0 Å². The SMILES string of the molecule is C=C.C=C(C)N. The van der Waals surface area contributed by atoms with Crippen LogP contribution >= 0.6 is 0 Å². The fourth-order valence-electron chi connectivity index (χ4n) is 0. The fraction of sp³-hybridized carbons (Fsp3) is 0.200. The summed E-state index contributed by atoms with van der Waals surface area (Å²) in [6.07, 6.45) is 0. The maximum atomic E-state index is 4.92. The third-order valence-electron chi connectivity index (χ3n) is 0. The summed E-state index contributed by atoms with van der Waals surface area (Å²) in [6, 6.07) is 0. The summed E-state index contributed by atoms with van der Waals surface area (Å²) in [5.74, 6) is 0. The number of allylic oxidation sites excluding steroid dienone is 1. The normalized spacial score (nSPS) is 4.83. The van der Waals surface area contributed by atoms with E-state index in [1.165, 1.54) is 0 Å². The van der Waals surface area contributed by atoms with Gasteiger partial charge in [-0.1, -0.05) is 6.58 Å². The largest absolute Gasteiger partial charge is 0.403 e. The highest BCUT2D eigenvalue weighted by atomic mass is 14.5. The lowest BCUT2D eigenvalue weighted by Crippen LogP contribution is -1.83. The molecule has 1 nitrogen and oxygen atoms in total. The Bertz CT molecular complexity index is 35.2. The van der Waals surface area contributed by atoms with Crippen molar-refractivity contribution in [2.75, 3.05) is 0 Å². The van der Waals surface area contributed by atoms with E-state index in [4.69, 9.17) is 5.73 Å². The molecule has 0 unspecified atom stereocenters. The van der Waals surface area contributed by atoms with Gasteiger partial charge in [0.1, 0.15) is 0 Å². The molecule has 0 saturated heterocycles. The first-order valence-electron chi connectivity index (χ1n) is 1.64. The molecule has 1 heteroatoms. The van der Waals surface area contributed by atoms with Gasteiger partial charge in [0.15, 0.2) is 0 Å². The molecule has 0 aromatic heterocycles. The van der Waals surface area contributed by atoms with Gasteiger partial charge in [-0.3, -0.25) is 0 Å². The van der Waals surface area contributed by atoms with Crippen molar-refractivity contribution in [1.82, 2.24) is 0 Å². The van der Waals surface area contributed by atoms with E-state index in [1.54, 1.807) is 6.92 Å². The number of hydrogen-bond acceptors (Lipinski definition) is 1. The zero-order chi connectivity index (χ0) is 5.58. The van der Waals surface area contributed by atoms with E-state index < -0.39 is 0 Å². The Morgan fingerprint density at radius 3 is 1.50 bits per heavy atom. The van der Waals surface area contributed by atoms with Crippen LogP contribution in [-0.4, -0.2) is 0 Å². The van der Waals surface area contributed by atoms with Gasteiger partial charge >= 0.3 is 0 Å². The molecule has 0 heterocycles. The fourth-order valence-corrected chi connectivity index (χ4v) is 0. The second-order valence-corrected chi connectivity index (χ2v) is 0.846. The average Bonchev–Trinajstić information content (AvgIpc) is 1.41. The second kappa shape index (κ2) is 8.86. The Balaban J connectivity index is 0. The van der Waals surface area contributed by atoms with Gasteiger partial charge in [-0.15, -0.1) is 13.2 Å². The molecule has 0 amide bonds. The van der Waals surface area contributed by atoms with Crippen LogP contribution in [0.4, 0.5) is 0 Å². The molecule has 0 bridgehead atoms. The first-order chi connectivity index (χ1) is 2.73. The highest BCUT2D eigenvalue weighted by Gasteiger charge is 1.50. The highest BCUT2D eigenvalue weighted by molar-refractivity contribution is 4.76. The van der Waals surface area contributed by atoms with Crippen LogP contribution in [0.2, 0.25) is 0 Å². The van der Waals surface area contributed by atoms with E-state index in [9.17, 15) is 0 Å². The molecule has 0 aliphatic carbocycles. The van der Waals surface area contributed by atoms with Gasteiger partial charge in [-0.25, -0.2) is 0 Å². The third-order valence-corrected chi connectivity index (χ3v) is 0. The lowest BCUT2D eigenvalue weighted by Gasteiger charge is -1.69. The van der Waals surface area contributed by atoms with Crippen LogP contribution in [0.15, 0.2) is 25.4 Å². The van der Waals surface area contributed by atoms with Gasteiger partial charge in [-0.2, -0.15) is 0 Å². The monoisotopic (exact) mass is 85.1 g/mol. The van der Waals surface area contributed by atoms with Crippen molar-refractivity contribution in [3.8, 4) is 0 Å². The summed E-state index contributed by atoms with van der Waals surface area (Å²) in [7, 11) is 0. The second-order valence-electron chi connectivity index (χ2n) is 0.846. The molecule has 0 aromatic carbocycles. The van der Waals surface area contributed by atoms with Gasteiger partial charge in [0, 0.05) is 0 Å². The Morgan fingerprint density at radius 2 is 1.50 bits per heavy atom. The smallest absolute Gasteiger partial charge is 0.00242 e. The Hall–Kier alpha value is -0.720. The molecule has 0 atom stereocenters. The van der Waals surface area contributed by atoms with Crippen LogP contribution < -0.4 is 5.73 Å². The Labute approximate surface area is 39.2 Å². The molecule has 0 aliphatic rings. The molecule has 36 valence electrons. The summed E-state index contributed by atoms with van der Waals surface area (Å²) in [4.78, 5) is 0. The maximum Gasteiger partial charge on any atom is -0.00242 e. The van der Waals surface area contributed by atoms with Crippen molar-refractivity contribution in [1.29, 1.82) is 0 Å². The van der Waals surface area contributed by atoms with Crippen LogP contribution in [0.5, 0.6) is 0 Å². The molecule has 0 fully saturated rings. The summed E-state index contributed by atoms with van der Waals surface area (Å²) >= 11 is 0. The zero-order valence-corrected chi connectivity index (χ0v) is 4.20. The maximum absolute atomic E-state index is 4.92. The van der Waals surface area contributed by atoms with E-state index in [-0.39, 0.29) is 0 Å². The minimum Gasteiger partial charge on any atom is -0.403 e. The Morgan fingerprint density at radius 1 is 1.50 bits per heavy atom. The van der Waals surface area contributed by atoms with Gasteiger partial charge in [0.25, 0.3) is 0 Å². The van der Waals surface area contributed by atoms with Crippen LogP contribution in [0.3, 0.4) is 0 Å². The molecular weight excluding hydrogens is 74.1 g/mol. The van der Waals surface area contributed by atoms with Gasteiger partial charge in [0.2, 0.25) is 0 Å². The summed E-state index contributed by atoms with van der Waals surface area (Å²) in [6.45, 7) is 11.1. The predicted octanol–water partition coefficient (Wildman–Crippen LogP) is 1.28. The average molecular weight is 85.2 g/mol. The molecule has 6 heavy (non-hydrogen) atoms. The molecule has 0 aromatic rings. The summed E-state index contributed by atoms with van der Waals surface area (Å²) in [5.41, 5.74) is 5.58. The number of nitrogens with two attached hydrogens (primary N) is 1. The van der Waals surface area contributed by atoms with Crippen molar-refractivity contribution in [3.05, 3.63) is 25.4 Å². The first kappa shape index (κ1) is 8.99. The van der Waals surface area contributed by atoms with E-state index in [2.05, 4.69) is 19.7 Å². The van der Waals surface area contributed by atoms with Gasteiger partial charge in [0.05, 0.1) is 0 Å². The van der Waals surface area contributed by atoms with Gasteiger partial charge in [-0.05, 0) is 12.6 Å². The molecule has 0 spiro atoms. The molecule has 0 radical (unpaired) electrons. The summed E-state index contributed by atoms with van der Waals surface area (Å²) < 4.78 is 0. The lowest BCUT2D eigenvalue weighted by molar-refractivity contribution is 1.34. The van der Waals surface area contributed by atoms with Crippen molar-refractivity contribution in [3.63, 3.8) is 0 Å².